The van der Waals surface area contributed by atoms with Crippen LogP contribution in [0.2, 0.25) is 0 Å². The van der Waals surface area contributed by atoms with Crippen LogP contribution in [0.4, 0.5) is 5.69 Å². The second-order valence-electron chi connectivity index (χ2n) is 6.69. The first-order valence-corrected chi connectivity index (χ1v) is 8.86. The number of anilines is 1. The van der Waals surface area contributed by atoms with Crippen molar-refractivity contribution in [1.82, 2.24) is 9.80 Å². The van der Waals surface area contributed by atoms with Crippen molar-refractivity contribution in [3.8, 4) is 5.75 Å². The summed E-state index contributed by atoms with van der Waals surface area (Å²) in [5.74, 6) is 0.989. The molecule has 4 heteroatoms. The Morgan fingerprint density at radius 3 is 2.39 bits per heavy atom. The lowest BCUT2D eigenvalue weighted by Crippen LogP contribution is -2.45. The lowest BCUT2D eigenvalue weighted by Gasteiger charge is -2.33. The van der Waals surface area contributed by atoms with Crippen LogP contribution in [0.15, 0.2) is 12.1 Å². The third kappa shape index (κ3) is 4.85. The molecular formula is C19H33N3O. The van der Waals surface area contributed by atoms with E-state index in [-0.39, 0.29) is 0 Å². The van der Waals surface area contributed by atoms with E-state index in [1.807, 2.05) is 0 Å². The number of piperazine rings is 1. The van der Waals surface area contributed by atoms with E-state index in [4.69, 9.17) is 4.74 Å². The molecule has 130 valence electrons. The van der Waals surface area contributed by atoms with Gasteiger partial charge in [-0.2, -0.15) is 0 Å². The highest BCUT2D eigenvalue weighted by molar-refractivity contribution is 5.59. The molecule has 0 bridgehead atoms. The Hall–Kier alpha value is -1.26. The van der Waals surface area contributed by atoms with E-state index in [1.54, 1.807) is 7.11 Å². The third-order valence-electron chi connectivity index (χ3n) is 4.93. The zero-order valence-electron chi connectivity index (χ0n) is 15.6. The van der Waals surface area contributed by atoms with E-state index < -0.39 is 0 Å². The molecule has 0 amide bonds. The first-order valence-electron chi connectivity index (χ1n) is 8.86. The van der Waals surface area contributed by atoms with Crippen molar-refractivity contribution in [2.75, 3.05) is 64.9 Å². The molecule has 1 aromatic carbocycles. The Balaban J connectivity index is 1.92. The minimum absolute atomic E-state index is 0.989. The van der Waals surface area contributed by atoms with Crippen LogP contribution in [0.1, 0.15) is 24.5 Å². The number of benzene rings is 1. The summed E-state index contributed by atoms with van der Waals surface area (Å²) in [5.41, 5.74) is 3.86. The van der Waals surface area contributed by atoms with Gasteiger partial charge in [-0.3, -0.25) is 0 Å². The van der Waals surface area contributed by atoms with Gasteiger partial charge >= 0.3 is 0 Å². The van der Waals surface area contributed by atoms with E-state index >= 15 is 0 Å². The second kappa shape index (κ2) is 8.55. The molecular weight excluding hydrogens is 286 g/mol. The average molecular weight is 319 g/mol. The SMILES string of the molecule is CCN(CCCN1CCN(C)CC1)c1cc(OC)c(C)cc1C. The smallest absolute Gasteiger partial charge is 0.123 e. The molecule has 0 radical (unpaired) electrons. The van der Waals surface area contributed by atoms with Gasteiger partial charge < -0.3 is 19.4 Å². The number of nitrogens with zero attached hydrogens (tertiary/aromatic N) is 3. The Kier molecular flexibility index (Phi) is 6.72. The highest BCUT2D eigenvalue weighted by Crippen LogP contribution is 2.29. The highest BCUT2D eigenvalue weighted by Gasteiger charge is 2.15. The maximum atomic E-state index is 5.51. The molecule has 0 unspecified atom stereocenters. The summed E-state index contributed by atoms with van der Waals surface area (Å²) in [4.78, 5) is 7.49. The number of hydrogen-bond acceptors (Lipinski definition) is 4. The number of methoxy groups -OCH3 is 1. The zero-order chi connectivity index (χ0) is 16.8. The molecule has 4 nitrogen and oxygen atoms in total. The van der Waals surface area contributed by atoms with Gasteiger partial charge in [-0.15, -0.1) is 0 Å². The molecule has 0 aliphatic carbocycles. The molecule has 1 aliphatic rings. The summed E-state index contributed by atoms with van der Waals surface area (Å²) in [5, 5.41) is 0. The fourth-order valence-electron chi connectivity index (χ4n) is 3.39. The molecule has 1 heterocycles. The monoisotopic (exact) mass is 319 g/mol. The first kappa shape index (κ1) is 18.1. The molecule has 1 aliphatic heterocycles. The summed E-state index contributed by atoms with van der Waals surface area (Å²) in [6, 6.07) is 4.43. The molecule has 1 saturated heterocycles. The number of likely N-dealkylation sites (N-methyl/N-ethyl adjacent to an activating group) is 1. The Morgan fingerprint density at radius 1 is 1.09 bits per heavy atom. The van der Waals surface area contributed by atoms with Gasteiger partial charge in [0.2, 0.25) is 0 Å². The Labute approximate surface area is 142 Å². The lowest BCUT2D eigenvalue weighted by atomic mass is 10.1. The van der Waals surface area contributed by atoms with Crippen molar-refractivity contribution < 1.29 is 4.74 Å². The van der Waals surface area contributed by atoms with Crippen LogP contribution in [0.5, 0.6) is 5.75 Å². The summed E-state index contributed by atoms with van der Waals surface area (Å²) < 4.78 is 5.51. The van der Waals surface area contributed by atoms with Gasteiger partial charge in [-0.1, -0.05) is 6.07 Å². The molecule has 0 saturated carbocycles. The van der Waals surface area contributed by atoms with Gasteiger partial charge in [0.15, 0.2) is 0 Å². The summed E-state index contributed by atoms with van der Waals surface area (Å²) >= 11 is 0. The zero-order valence-corrected chi connectivity index (χ0v) is 15.6. The summed E-state index contributed by atoms with van der Waals surface area (Å²) in [6.07, 6.45) is 1.22. The largest absolute Gasteiger partial charge is 0.496 e. The van der Waals surface area contributed by atoms with E-state index in [9.17, 15) is 0 Å². The van der Waals surface area contributed by atoms with Crippen molar-refractivity contribution in [2.24, 2.45) is 0 Å². The third-order valence-corrected chi connectivity index (χ3v) is 4.93. The van der Waals surface area contributed by atoms with E-state index in [2.05, 4.69) is 54.7 Å². The van der Waals surface area contributed by atoms with Crippen molar-refractivity contribution >= 4 is 5.69 Å². The Morgan fingerprint density at radius 2 is 1.78 bits per heavy atom. The number of ether oxygens (including phenoxy) is 1. The minimum Gasteiger partial charge on any atom is -0.496 e. The summed E-state index contributed by atoms with van der Waals surface area (Å²) in [6.45, 7) is 14.7. The fourth-order valence-corrected chi connectivity index (χ4v) is 3.39. The normalized spacial score (nSPS) is 16.6. The quantitative estimate of drug-likeness (QED) is 0.769. The van der Waals surface area contributed by atoms with Crippen LogP contribution in [0, 0.1) is 13.8 Å². The molecule has 23 heavy (non-hydrogen) atoms. The Bertz CT molecular complexity index is 496. The van der Waals surface area contributed by atoms with Gasteiger partial charge in [-0.05, 0) is 51.9 Å². The molecule has 0 aromatic heterocycles. The van der Waals surface area contributed by atoms with Gasteiger partial charge in [-0.25, -0.2) is 0 Å². The van der Waals surface area contributed by atoms with Crippen LogP contribution >= 0.6 is 0 Å². The van der Waals surface area contributed by atoms with Crippen molar-refractivity contribution in [1.29, 1.82) is 0 Å². The topological polar surface area (TPSA) is 19.0 Å². The van der Waals surface area contributed by atoms with Crippen LogP contribution in [-0.4, -0.2) is 69.8 Å². The number of aryl methyl sites for hydroxylation is 2. The molecule has 0 spiro atoms. The maximum absolute atomic E-state index is 5.51. The summed E-state index contributed by atoms with van der Waals surface area (Å²) in [7, 11) is 3.97. The van der Waals surface area contributed by atoms with Crippen LogP contribution in [-0.2, 0) is 0 Å². The van der Waals surface area contributed by atoms with Gasteiger partial charge in [0.05, 0.1) is 7.11 Å². The van der Waals surface area contributed by atoms with Crippen LogP contribution < -0.4 is 9.64 Å². The lowest BCUT2D eigenvalue weighted by molar-refractivity contribution is 0.153. The van der Waals surface area contributed by atoms with E-state index in [0.717, 1.165) is 18.8 Å². The minimum atomic E-state index is 0.989. The standard InChI is InChI=1S/C19H33N3O/c1-6-22(9-7-8-21-12-10-20(4)11-13-21)18-15-19(23-5)17(3)14-16(18)2/h14-15H,6-13H2,1-5H3. The van der Waals surface area contributed by atoms with Crippen molar-refractivity contribution in [3.05, 3.63) is 23.3 Å². The number of rotatable bonds is 7. The molecule has 0 atom stereocenters. The first-order chi connectivity index (χ1) is 11.0. The average Bonchev–Trinajstić information content (AvgIpc) is 2.54. The predicted octanol–water partition coefficient (Wildman–Crippen LogP) is 2.78. The van der Waals surface area contributed by atoms with Crippen molar-refractivity contribution in [2.45, 2.75) is 27.2 Å². The second-order valence-corrected chi connectivity index (χ2v) is 6.69. The van der Waals surface area contributed by atoms with Gasteiger partial charge in [0, 0.05) is 51.0 Å². The molecule has 1 aromatic rings. The van der Waals surface area contributed by atoms with Crippen LogP contribution in [0.25, 0.3) is 0 Å². The molecule has 2 rings (SSSR count). The van der Waals surface area contributed by atoms with Crippen LogP contribution in [0.3, 0.4) is 0 Å². The number of hydrogen-bond donors (Lipinski definition) is 0. The van der Waals surface area contributed by atoms with E-state index in [1.165, 1.54) is 56.0 Å². The van der Waals surface area contributed by atoms with Crippen molar-refractivity contribution in [3.63, 3.8) is 0 Å². The van der Waals surface area contributed by atoms with E-state index in [0.29, 0.717) is 0 Å². The van der Waals surface area contributed by atoms with Gasteiger partial charge in [0.25, 0.3) is 0 Å². The maximum Gasteiger partial charge on any atom is 0.123 e. The fraction of sp³-hybridized carbons (Fsp3) is 0.684. The molecule has 0 N–H and O–H groups in total. The molecule has 1 fully saturated rings. The predicted molar refractivity (Wildman–Crippen MR) is 98.9 cm³/mol. The van der Waals surface area contributed by atoms with Gasteiger partial charge in [0.1, 0.15) is 5.75 Å². The highest BCUT2D eigenvalue weighted by atomic mass is 16.5.